The van der Waals surface area contributed by atoms with E-state index >= 15 is 0 Å². The van der Waals surface area contributed by atoms with E-state index in [1.165, 1.54) is 11.8 Å². The van der Waals surface area contributed by atoms with Crippen molar-refractivity contribution < 1.29 is 9.62 Å². The van der Waals surface area contributed by atoms with Gasteiger partial charge in [0.05, 0.1) is 5.56 Å². The van der Waals surface area contributed by atoms with Crippen LogP contribution in [0, 0.1) is 11.8 Å². The molecule has 0 aliphatic heterocycles. The first kappa shape index (κ1) is 13.0. The average molecular weight is 253 g/mol. The molecular weight excluding hydrogens is 238 g/mol. The number of oxime groups is 1. The van der Waals surface area contributed by atoms with Crippen molar-refractivity contribution in [3.8, 4) is 11.8 Å². The van der Waals surface area contributed by atoms with Crippen molar-refractivity contribution in [3.05, 3.63) is 59.5 Å². The Kier molecular flexibility index (Phi) is 4.83. The fraction of sp³-hybridized carbons (Fsp3) is 0.188. The minimum absolute atomic E-state index is 0.496. The third-order valence-electron chi connectivity index (χ3n) is 2.65. The number of hydrogen-bond donors (Lipinski definition) is 1. The highest BCUT2D eigenvalue weighted by atomic mass is 16.4. The van der Waals surface area contributed by atoms with Crippen LogP contribution in [0.1, 0.15) is 29.7 Å². The number of furan rings is 1. The Morgan fingerprint density at radius 2 is 2.11 bits per heavy atom. The van der Waals surface area contributed by atoms with E-state index in [2.05, 4.69) is 41.3 Å². The zero-order chi connectivity index (χ0) is 13.3. The highest BCUT2D eigenvalue weighted by molar-refractivity contribution is 5.75. The maximum atomic E-state index is 8.36. The summed E-state index contributed by atoms with van der Waals surface area (Å²) in [4.78, 5) is 0. The van der Waals surface area contributed by atoms with Gasteiger partial charge in [0.25, 0.3) is 0 Å². The predicted molar refractivity (Wildman–Crippen MR) is 74.3 cm³/mol. The fourth-order valence-corrected chi connectivity index (χ4v) is 1.73. The van der Waals surface area contributed by atoms with Gasteiger partial charge in [-0.3, -0.25) is 0 Å². The van der Waals surface area contributed by atoms with E-state index in [1.54, 1.807) is 12.3 Å². The molecule has 0 aliphatic carbocycles. The van der Waals surface area contributed by atoms with Crippen LogP contribution in [-0.2, 0) is 6.42 Å². The first-order valence-corrected chi connectivity index (χ1v) is 6.17. The van der Waals surface area contributed by atoms with Crippen LogP contribution in [0.4, 0.5) is 0 Å². The molecule has 3 nitrogen and oxygen atoms in total. The Labute approximate surface area is 112 Å². The predicted octanol–water partition coefficient (Wildman–Crippen LogP) is 3.46. The lowest BCUT2D eigenvalue weighted by Crippen LogP contribution is -1.83. The number of rotatable bonds is 4. The normalized spacial score (nSPS) is 10.3. The van der Waals surface area contributed by atoms with Gasteiger partial charge in [-0.2, -0.15) is 0 Å². The minimum Gasteiger partial charge on any atom is -0.462 e. The lowest BCUT2D eigenvalue weighted by Gasteiger charge is -1.96. The largest absolute Gasteiger partial charge is 0.462 e. The summed E-state index contributed by atoms with van der Waals surface area (Å²) in [6.45, 7) is 0. The second-order valence-corrected chi connectivity index (χ2v) is 4.12. The smallest absolute Gasteiger partial charge is 0.149 e. The molecule has 3 heteroatoms. The molecule has 0 aliphatic rings. The van der Waals surface area contributed by atoms with Gasteiger partial charge in [-0.1, -0.05) is 47.3 Å². The Morgan fingerprint density at radius 3 is 2.89 bits per heavy atom. The van der Waals surface area contributed by atoms with Crippen molar-refractivity contribution >= 4 is 6.21 Å². The molecule has 2 rings (SSSR count). The molecule has 0 bridgehead atoms. The van der Waals surface area contributed by atoms with E-state index < -0.39 is 0 Å². The summed E-state index contributed by atoms with van der Waals surface area (Å²) in [5.74, 6) is 6.63. The second-order valence-electron chi connectivity index (χ2n) is 4.12. The Balaban J connectivity index is 1.78. The van der Waals surface area contributed by atoms with Gasteiger partial charge in [0.1, 0.15) is 18.2 Å². The molecule has 0 fully saturated rings. The van der Waals surface area contributed by atoms with Gasteiger partial charge in [-0.25, -0.2) is 0 Å². The molecule has 1 N–H and O–H groups in total. The number of hydrogen-bond acceptors (Lipinski definition) is 3. The SMILES string of the molecule is O/N=C/c1cc(C#CCCCc2ccccc2)co1. The van der Waals surface area contributed by atoms with E-state index in [9.17, 15) is 0 Å². The highest BCUT2D eigenvalue weighted by Gasteiger charge is 1.95. The van der Waals surface area contributed by atoms with E-state index in [4.69, 9.17) is 9.62 Å². The van der Waals surface area contributed by atoms with Gasteiger partial charge >= 0.3 is 0 Å². The summed E-state index contributed by atoms with van der Waals surface area (Å²) in [6.07, 6.45) is 5.73. The van der Waals surface area contributed by atoms with Crippen LogP contribution in [0.15, 0.2) is 52.2 Å². The van der Waals surface area contributed by atoms with Crippen molar-refractivity contribution in [1.29, 1.82) is 0 Å². The third-order valence-corrected chi connectivity index (χ3v) is 2.65. The monoisotopic (exact) mass is 253 g/mol. The van der Waals surface area contributed by atoms with Crippen LogP contribution in [0.5, 0.6) is 0 Å². The van der Waals surface area contributed by atoms with Crippen LogP contribution in [0.3, 0.4) is 0 Å². The number of aryl methyl sites for hydroxylation is 1. The third kappa shape index (κ3) is 4.36. The van der Waals surface area contributed by atoms with Crippen molar-refractivity contribution in [2.75, 3.05) is 0 Å². The van der Waals surface area contributed by atoms with Gasteiger partial charge in [0.15, 0.2) is 0 Å². The van der Waals surface area contributed by atoms with E-state index in [-0.39, 0.29) is 0 Å². The summed E-state index contributed by atoms with van der Waals surface area (Å²) in [5, 5.41) is 11.3. The maximum Gasteiger partial charge on any atom is 0.149 e. The standard InChI is InChI=1S/C16H15NO2/c18-17-12-16-11-15(13-19-16)10-6-2-5-9-14-7-3-1-4-8-14/h1,3-4,7-8,11-13,18H,2,5,9H2/b17-12+. The molecule has 0 spiro atoms. The summed E-state index contributed by atoms with van der Waals surface area (Å²) in [5.41, 5.74) is 2.14. The Hall–Kier alpha value is -2.47. The van der Waals surface area contributed by atoms with Gasteiger partial charge in [0.2, 0.25) is 0 Å². The number of unbranched alkanes of at least 4 members (excludes halogenated alkanes) is 1. The molecule has 2 aromatic rings. The van der Waals surface area contributed by atoms with Crippen molar-refractivity contribution in [2.24, 2.45) is 5.16 Å². The fourth-order valence-electron chi connectivity index (χ4n) is 1.73. The minimum atomic E-state index is 0.496. The van der Waals surface area contributed by atoms with Gasteiger partial charge in [-0.05, 0) is 18.4 Å². The van der Waals surface area contributed by atoms with Gasteiger partial charge in [-0.15, -0.1) is 0 Å². The molecule has 0 radical (unpaired) electrons. The van der Waals surface area contributed by atoms with Gasteiger partial charge < -0.3 is 9.62 Å². The summed E-state index contributed by atoms with van der Waals surface area (Å²) < 4.78 is 5.12. The molecule has 1 aromatic carbocycles. The van der Waals surface area contributed by atoms with Crippen LogP contribution in [0.2, 0.25) is 0 Å². The number of nitrogens with zero attached hydrogens (tertiary/aromatic N) is 1. The maximum absolute atomic E-state index is 8.36. The topological polar surface area (TPSA) is 45.7 Å². The van der Waals surface area contributed by atoms with E-state index in [0.717, 1.165) is 24.8 Å². The molecule has 19 heavy (non-hydrogen) atoms. The first-order valence-electron chi connectivity index (χ1n) is 6.17. The lowest BCUT2D eigenvalue weighted by molar-refractivity contribution is 0.320. The van der Waals surface area contributed by atoms with Gasteiger partial charge in [0, 0.05) is 12.5 Å². The lowest BCUT2D eigenvalue weighted by atomic mass is 10.1. The molecule has 0 saturated carbocycles. The average Bonchev–Trinajstić information content (AvgIpc) is 2.88. The summed E-state index contributed by atoms with van der Waals surface area (Å²) in [7, 11) is 0. The molecule has 1 aromatic heterocycles. The zero-order valence-corrected chi connectivity index (χ0v) is 10.5. The molecule has 0 unspecified atom stereocenters. The molecule has 1 heterocycles. The van der Waals surface area contributed by atoms with Crippen LogP contribution >= 0.6 is 0 Å². The van der Waals surface area contributed by atoms with Crippen LogP contribution in [0.25, 0.3) is 0 Å². The van der Waals surface area contributed by atoms with E-state index in [1.807, 2.05) is 6.07 Å². The Morgan fingerprint density at radius 1 is 1.26 bits per heavy atom. The molecule has 96 valence electrons. The van der Waals surface area contributed by atoms with Crippen molar-refractivity contribution in [3.63, 3.8) is 0 Å². The first-order chi connectivity index (χ1) is 9.38. The molecule has 0 saturated heterocycles. The molecule has 0 atom stereocenters. The Bertz CT molecular complexity index is 588. The van der Waals surface area contributed by atoms with Crippen LogP contribution in [-0.4, -0.2) is 11.4 Å². The highest BCUT2D eigenvalue weighted by Crippen LogP contribution is 2.06. The van der Waals surface area contributed by atoms with E-state index in [0.29, 0.717) is 5.76 Å². The second kappa shape index (κ2) is 7.07. The quantitative estimate of drug-likeness (QED) is 0.298. The van der Waals surface area contributed by atoms with Crippen molar-refractivity contribution in [2.45, 2.75) is 19.3 Å². The van der Waals surface area contributed by atoms with Crippen LogP contribution < -0.4 is 0 Å². The number of benzene rings is 1. The summed E-state index contributed by atoms with van der Waals surface area (Å²) in [6, 6.07) is 12.1. The molecular formula is C16H15NO2. The van der Waals surface area contributed by atoms with Crippen molar-refractivity contribution in [1.82, 2.24) is 0 Å². The summed E-state index contributed by atoms with van der Waals surface area (Å²) >= 11 is 0. The molecule has 0 amide bonds. The zero-order valence-electron chi connectivity index (χ0n) is 10.5.